The van der Waals surface area contributed by atoms with Crippen LogP contribution < -0.4 is 9.46 Å². The van der Waals surface area contributed by atoms with Gasteiger partial charge < -0.3 is 4.74 Å². The summed E-state index contributed by atoms with van der Waals surface area (Å²) < 4.78 is 31.6. The number of nitrogens with one attached hydrogen (secondary N) is 1. The molecule has 4 nitrogen and oxygen atoms in total. The maximum atomic E-state index is 12.1. The van der Waals surface area contributed by atoms with Gasteiger partial charge >= 0.3 is 0 Å². The van der Waals surface area contributed by atoms with Gasteiger partial charge in [-0.3, -0.25) is 4.72 Å². The van der Waals surface area contributed by atoms with E-state index in [1.165, 1.54) is 0 Å². The molecule has 100 valence electrons. The van der Waals surface area contributed by atoms with Crippen molar-refractivity contribution in [3.63, 3.8) is 0 Å². The van der Waals surface area contributed by atoms with Crippen LogP contribution in [0.25, 0.3) is 0 Å². The first-order valence-corrected chi connectivity index (χ1v) is 7.45. The van der Waals surface area contributed by atoms with Crippen LogP contribution in [0, 0.1) is 20.8 Å². The highest BCUT2D eigenvalue weighted by Crippen LogP contribution is 2.30. The molecule has 0 heterocycles. The molecule has 0 radical (unpaired) electrons. The lowest BCUT2D eigenvalue weighted by Gasteiger charge is -2.16. The molecule has 7 heteroatoms. The molecule has 1 rings (SSSR count). The van der Waals surface area contributed by atoms with Crippen molar-refractivity contribution in [3.05, 3.63) is 22.8 Å². The minimum Gasteiger partial charge on any atom is -0.496 e. The molecular weight excluding hydrogens is 290 g/mol. The Labute approximate surface area is 118 Å². The number of thiocarbonyl (C=S) groups is 1. The van der Waals surface area contributed by atoms with E-state index in [2.05, 4.69) is 29.6 Å². The summed E-state index contributed by atoms with van der Waals surface area (Å²) in [6.45, 7) is 5.26. The second-order valence-corrected chi connectivity index (χ2v) is 6.66. The quantitative estimate of drug-likeness (QED) is 0.663. The Morgan fingerprint density at radius 3 is 2.33 bits per heavy atom. The predicted octanol–water partition coefficient (Wildman–Crippen LogP) is 2.11. The summed E-state index contributed by atoms with van der Waals surface area (Å²) in [5.74, 6) is 0.664. The summed E-state index contributed by atoms with van der Waals surface area (Å²) >= 11 is 8.45. The molecule has 0 spiro atoms. The van der Waals surface area contributed by atoms with E-state index in [4.69, 9.17) is 4.74 Å². The summed E-state index contributed by atoms with van der Waals surface area (Å²) in [5.41, 5.74) is 2.03. The highest BCUT2D eigenvalue weighted by Gasteiger charge is 2.22. The van der Waals surface area contributed by atoms with E-state index in [1.54, 1.807) is 27.0 Å². The molecule has 18 heavy (non-hydrogen) atoms. The Bertz CT molecular complexity index is 594. The lowest BCUT2D eigenvalue weighted by Crippen LogP contribution is -2.27. The van der Waals surface area contributed by atoms with Crippen LogP contribution in [0.15, 0.2) is 11.0 Å². The molecule has 0 saturated heterocycles. The predicted molar refractivity (Wildman–Crippen MR) is 79.1 cm³/mol. The van der Waals surface area contributed by atoms with E-state index in [0.29, 0.717) is 16.9 Å². The SMILES string of the molecule is COc1cc(C)c(S(=O)(=O)NC(=S)S)c(C)c1C. The minimum atomic E-state index is -3.69. The normalized spacial score (nSPS) is 11.2. The lowest BCUT2D eigenvalue weighted by atomic mass is 10.1. The first-order chi connectivity index (χ1) is 8.20. The number of hydrogen-bond acceptors (Lipinski definition) is 4. The van der Waals surface area contributed by atoms with Crippen molar-refractivity contribution in [1.29, 1.82) is 0 Å². The highest BCUT2D eigenvalue weighted by atomic mass is 32.2. The third-order valence-electron chi connectivity index (χ3n) is 2.69. The molecule has 0 fully saturated rings. The summed E-state index contributed by atoms with van der Waals surface area (Å²) in [5, 5.41) is 0. The maximum absolute atomic E-state index is 12.1. The first-order valence-electron chi connectivity index (χ1n) is 5.11. The monoisotopic (exact) mass is 305 g/mol. The number of benzene rings is 1. The molecule has 0 aromatic heterocycles. The van der Waals surface area contributed by atoms with Gasteiger partial charge in [-0.25, -0.2) is 8.42 Å². The molecule has 1 N–H and O–H groups in total. The van der Waals surface area contributed by atoms with Gasteiger partial charge in [0, 0.05) is 0 Å². The van der Waals surface area contributed by atoms with E-state index in [0.717, 1.165) is 5.56 Å². The van der Waals surface area contributed by atoms with Crippen molar-refractivity contribution in [3.8, 4) is 5.75 Å². The molecule has 1 aromatic rings. The fourth-order valence-corrected chi connectivity index (χ4v) is 3.87. The summed E-state index contributed by atoms with van der Waals surface area (Å²) in [4.78, 5) is 0.220. The molecule has 0 aliphatic heterocycles. The first kappa shape index (κ1) is 15.3. The molecule has 0 atom stereocenters. The summed E-state index contributed by atoms with van der Waals surface area (Å²) in [6.07, 6.45) is 0. The van der Waals surface area contributed by atoms with Crippen molar-refractivity contribution >= 4 is 39.2 Å². The highest BCUT2D eigenvalue weighted by molar-refractivity contribution is 8.12. The zero-order chi connectivity index (χ0) is 14.1. The molecule has 0 aliphatic rings. The van der Waals surface area contributed by atoms with Gasteiger partial charge in [0.05, 0.1) is 12.0 Å². The third kappa shape index (κ3) is 2.96. The number of ether oxygens (including phenoxy) is 1. The Morgan fingerprint density at radius 2 is 1.89 bits per heavy atom. The molecule has 0 saturated carbocycles. The van der Waals surface area contributed by atoms with Gasteiger partial charge in [0.2, 0.25) is 0 Å². The fraction of sp³-hybridized carbons (Fsp3) is 0.364. The number of thiol groups is 1. The van der Waals surface area contributed by atoms with Crippen LogP contribution in [0.5, 0.6) is 5.75 Å². The molecule has 0 amide bonds. The maximum Gasteiger partial charge on any atom is 0.263 e. The Balaban J connectivity index is 3.52. The standard InChI is InChI=1S/C11H15NO3S3/c1-6-5-9(15-4)7(2)8(3)10(6)18(13,14)12-11(16)17/h5H,1-4H3,(H2,12,16,17). The van der Waals surface area contributed by atoms with Gasteiger partial charge in [-0.1, -0.05) is 12.2 Å². The van der Waals surface area contributed by atoms with E-state index in [-0.39, 0.29) is 9.22 Å². The van der Waals surface area contributed by atoms with Gasteiger partial charge in [0.1, 0.15) is 10.1 Å². The average Bonchev–Trinajstić information content (AvgIpc) is 2.21. The van der Waals surface area contributed by atoms with E-state index < -0.39 is 10.0 Å². The van der Waals surface area contributed by atoms with Crippen LogP contribution in [-0.2, 0) is 10.0 Å². The molecule has 0 unspecified atom stereocenters. The second kappa shape index (κ2) is 5.46. The van der Waals surface area contributed by atoms with Crippen molar-refractivity contribution in [2.24, 2.45) is 0 Å². The largest absolute Gasteiger partial charge is 0.496 e. The third-order valence-corrected chi connectivity index (χ3v) is 4.82. The van der Waals surface area contributed by atoms with Gasteiger partial charge in [0.15, 0.2) is 0 Å². The zero-order valence-corrected chi connectivity index (χ0v) is 13.1. The van der Waals surface area contributed by atoms with Crippen molar-refractivity contribution in [2.45, 2.75) is 25.7 Å². The minimum absolute atomic E-state index is 0.0812. The van der Waals surface area contributed by atoms with Crippen LogP contribution in [0.4, 0.5) is 0 Å². The fourth-order valence-electron chi connectivity index (χ4n) is 1.81. The smallest absolute Gasteiger partial charge is 0.263 e. The summed E-state index contributed by atoms with van der Waals surface area (Å²) in [7, 11) is -2.14. The summed E-state index contributed by atoms with van der Waals surface area (Å²) in [6, 6.07) is 1.69. The molecular formula is C11H15NO3S3. The Morgan fingerprint density at radius 1 is 1.33 bits per heavy atom. The number of rotatable bonds is 3. The van der Waals surface area contributed by atoms with Gasteiger partial charge in [-0.05, 0) is 43.5 Å². The van der Waals surface area contributed by atoms with Crippen LogP contribution in [-0.4, -0.2) is 19.8 Å². The number of aryl methyl sites for hydroxylation is 1. The second-order valence-electron chi connectivity index (χ2n) is 3.89. The van der Waals surface area contributed by atoms with E-state index in [9.17, 15) is 8.42 Å². The van der Waals surface area contributed by atoms with Crippen LogP contribution >= 0.6 is 24.8 Å². The Kier molecular flexibility index (Phi) is 4.63. The zero-order valence-electron chi connectivity index (χ0n) is 10.6. The number of sulfonamides is 1. The van der Waals surface area contributed by atoms with Crippen molar-refractivity contribution in [2.75, 3.05) is 7.11 Å². The Hall–Kier alpha value is -0.790. The van der Waals surface area contributed by atoms with Crippen LogP contribution in [0.1, 0.15) is 16.7 Å². The van der Waals surface area contributed by atoms with Gasteiger partial charge in [-0.2, -0.15) is 0 Å². The average molecular weight is 305 g/mol. The van der Waals surface area contributed by atoms with Crippen molar-refractivity contribution < 1.29 is 13.2 Å². The van der Waals surface area contributed by atoms with E-state index >= 15 is 0 Å². The molecule has 0 bridgehead atoms. The molecule has 1 aromatic carbocycles. The van der Waals surface area contributed by atoms with Gasteiger partial charge in [-0.15, -0.1) is 12.6 Å². The number of methoxy groups -OCH3 is 1. The van der Waals surface area contributed by atoms with Crippen molar-refractivity contribution in [1.82, 2.24) is 4.72 Å². The lowest BCUT2D eigenvalue weighted by molar-refractivity contribution is 0.410. The van der Waals surface area contributed by atoms with Crippen LogP contribution in [0.2, 0.25) is 0 Å². The van der Waals surface area contributed by atoms with Crippen LogP contribution in [0.3, 0.4) is 0 Å². The van der Waals surface area contributed by atoms with Gasteiger partial charge in [0.25, 0.3) is 10.0 Å². The molecule has 0 aliphatic carbocycles. The van der Waals surface area contributed by atoms with E-state index in [1.807, 2.05) is 6.92 Å². The topological polar surface area (TPSA) is 55.4 Å². The number of hydrogen-bond donors (Lipinski definition) is 2.